The Morgan fingerprint density at radius 1 is 1.26 bits per heavy atom. The lowest BCUT2D eigenvalue weighted by molar-refractivity contribution is -0.132. The summed E-state index contributed by atoms with van der Waals surface area (Å²) in [6.07, 6.45) is 0.833. The van der Waals surface area contributed by atoms with Crippen LogP contribution in [0.15, 0.2) is 29.2 Å². The van der Waals surface area contributed by atoms with Crippen LogP contribution in [0.1, 0.15) is 37.0 Å². The van der Waals surface area contributed by atoms with Crippen molar-refractivity contribution in [3.05, 3.63) is 41.5 Å². The molecular weight excluding hydrogens is 308 g/mol. The van der Waals surface area contributed by atoms with Gasteiger partial charge in [-0.1, -0.05) is 32.0 Å². The molecule has 2 aromatic rings. The van der Waals surface area contributed by atoms with E-state index in [0.717, 1.165) is 31.2 Å². The molecule has 0 saturated heterocycles. The summed E-state index contributed by atoms with van der Waals surface area (Å²) in [5.41, 5.74) is 1.29. The lowest BCUT2D eigenvalue weighted by atomic mass is 10.1. The summed E-state index contributed by atoms with van der Waals surface area (Å²) in [5.74, 6) is 2.52. The molecule has 0 aliphatic carbocycles. The summed E-state index contributed by atoms with van der Waals surface area (Å²) in [6, 6.07) is 8.31. The predicted octanol–water partition coefficient (Wildman–Crippen LogP) is 2.46. The van der Waals surface area contributed by atoms with Crippen LogP contribution in [0, 0.1) is 0 Å². The molecule has 2 aliphatic rings. The van der Waals surface area contributed by atoms with Gasteiger partial charge in [0.15, 0.2) is 5.82 Å². The minimum absolute atomic E-state index is 0.00596. The Morgan fingerprint density at radius 3 is 2.87 bits per heavy atom. The number of aromatic nitrogens is 3. The molecule has 0 spiro atoms. The van der Waals surface area contributed by atoms with Crippen molar-refractivity contribution in [1.82, 2.24) is 19.7 Å². The molecule has 3 heterocycles. The molecule has 4 rings (SSSR count). The van der Waals surface area contributed by atoms with Crippen molar-refractivity contribution in [2.45, 2.75) is 49.4 Å². The number of nitrogens with zero attached hydrogens (tertiary/aromatic N) is 4. The van der Waals surface area contributed by atoms with Gasteiger partial charge in [0.05, 0.1) is 11.8 Å². The van der Waals surface area contributed by atoms with Crippen molar-refractivity contribution < 1.29 is 4.79 Å². The van der Waals surface area contributed by atoms with Crippen molar-refractivity contribution in [2.75, 3.05) is 6.54 Å². The zero-order valence-corrected chi connectivity index (χ0v) is 14.2. The molecule has 1 amide bonds. The van der Waals surface area contributed by atoms with Crippen LogP contribution in [0.5, 0.6) is 0 Å². The largest absolute Gasteiger partial charge is 0.332 e. The maximum Gasteiger partial charge on any atom is 0.236 e. The molecule has 23 heavy (non-hydrogen) atoms. The van der Waals surface area contributed by atoms with Gasteiger partial charge in [0.25, 0.3) is 0 Å². The monoisotopic (exact) mass is 328 g/mol. The van der Waals surface area contributed by atoms with Gasteiger partial charge in [0.1, 0.15) is 5.82 Å². The number of thioether (sulfide) groups is 1. The van der Waals surface area contributed by atoms with Crippen LogP contribution in [-0.2, 0) is 24.3 Å². The molecule has 0 N–H and O–H groups in total. The van der Waals surface area contributed by atoms with Crippen LogP contribution >= 0.6 is 11.8 Å². The first kappa shape index (κ1) is 14.8. The van der Waals surface area contributed by atoms with Gasteiger partial charge in [0, 0.05) is 23.9 Å². The molecule has 120 valence electrons. The van der Waals surface area contributed by atoms with Crippen LogP contribution in [0.3, 0.4) is 0 Å². The molecule has 2 aliphatic heterocycles. The number of carbonyl (C=O) groups excluding carboxylic acids is 1. The van der Waals surface area contributed by atoms with Gasteiger partial charge in [-0.05, 0) is 18.1 Å². The van der Waals surface area contributed by atoms with E-state index in [0.29, 0.717) is 12.5 Å². The third-order valence-corrected chi connectivity index (χ3v) is 5.84. The van der Waals surface area contributed by atoms with Crippen LogP contribution in [0.25, 0.3) is 0 Å². The zero-order chi connectivity index (χ0) is 16.0. The van der Waals surface area contributed by atoms with E-state index in [1.807, 2.05) is 17.0 Å². The maximum absolute atomic E-state index is 12.9. The van der Waals surface area contributed by atoms with E-state index in [1.54, 1.807) is 11.8 Å². The van der Waals surface area contributed by atoms with Crippen molar-refractivity contribution in [2.24, 2.45) is 0 Å². The number of hydrogen-bond donors (Lipinski definition) is 0. The Kier molecular flexibility index (Phi) is 3.64. The van der Waals surface area contributed by atoms with Crippen LogP contribution in [0.4, 0.5) is 0 Å². The van der Waals surface area contributed by atoms with Gasteiger partial charge in [-0.25, -0.2) is 0 Å². The van der Waals surface area contributed by atoms with Gasteiger partial charge in [-0.15, -0.1) is 22.0 Å². The summed E-state index contributed by atoms with van der Waals surface area (Å²) in [7, 11) is 0. The average Bonchev–Trinajstić information content (AvgIpc) is 3.17. The summed E-state index contributed by atoms with van der Waals surface area (Å²) >= 11 is 1.70. The van der Waals surface area contributed by atoms with E-state index >= 15 is 0 Å². The van der Waals surface area contributed by atoms with E-state index in [-0.39, 0.29) is 11.2 Å². The van der Waals surface area contributed by atoms with E-state index in [4.69, 9.17) is 0 Å². The van der Waals surface area contributed by atoms with E-state index in [1.165, 1.54) is 10.5 Å². The summed E-state index contributed by atoms with van der Waals surface area (Å²) in [5, 5.41) is 8.59. The van der Waals surface area contributed by atoms with Crippen molar-refractivity contribution in [1.29, 1.82) is 0 Å². The Balaban J connectivity index is 1.49. The Hall–Kier alpha value is -1.82. The van der Waals surface area contributed by atoms with Gasteiger partial charge in [-0.3, -0.25) is 4.79 Å². The minimum atomic E-state index is 0.00596. The average molecular weight is 328 g/mol. The molecule has 5 nitrogen and oxygen atoms in total. The molecular formula is C17H20N4OS. The summed E-state index contributed by atoms with van der Waals surface area (Å²) in [4.78, 5) is 16.1. The quantitative estimate of drug-likeness (QED) is 0.850. The summed E-state index contributed by atoms with van der Waals surface area (Å²) in [6.45, 7) is 6.37. The van der Waals surface area contributed by atoms with Crippen LogP contribution < -0.4 is 0 Å². The lowest BCUT2D eigenvalue weighted by Gasteiger charge is -2.30. The first-order chi connectivity index (χ1) is 11.1. The smallest absolute Gasteiger partial charge is 0.236 e. The first-order valence-electron chi connectivity index (χ1n) is 8.09. The number of amides is 1. The fraction of sp³-hybridized carbons (Fsp3) is 0.471. The second-order valence-corrected chi connectivity index (χ2v) is 7.70. The Morgan fingerprint density at radius 2 is 2.09 bits per heavy atom. The number of benzene rings is 1. The van der Waals surface area contributed by atoms with Gasteiger partial charge < -0.3 is 9.47 Å². The van der Waals surface area contributed by atoms with Crippen molar-refractivity contribution in [3.8, 4) is 0 Å². The fourth-order valence-corrected chi connectivity index (χ4v) is 4.60. The summed E-state index contributed by atoms with van der Waals surface area (Å²) < 4.78 is 2.17. The predicted molar refractivity (Wildman–Crippen MR) is 89.3 cm³/mol. The second-order valence-electron chi connectivity index (χ2n) is 6.46. The molecule has 1 aromatic heterocycles. The van der Waals surface area contributed by atoms with E-state index in [9.17, 15) is 4.79 Å². The zero-order valence-electron chi connectivity index (χ0n) is 13.4. The van der Waals surface area contributed by atoms with Crippen molar-refractivity contribution >= 4 is 17.7 Å². The Labute approximate surface area is 140 Å². The third-order valence-electron chi connectivity index (χ3n) is 4.53. The van der Waals surface area contributed by atoms with Gasteiger partial charge in [0.2, 0.25) is 5.91 Å². The second kappa shape index (κ2) is 5.67. The number of rotatable bonds is 2. The molecule has 1 atom stereocenters. The van der Waals surface area contributed by atoms with E-state index < -0.39 is 0 Å². The Bertz CT molecular complexity index is 730. The van der Waals surface area contributed by atoms with Crippen LogP contribution in [-0.4, -0.2) is 37.4 Å². The highest BCUT2D eigenvalue weighted by atomic mass is 32.2. The standard InChI is InChI=1S/C17H20N4OS/c1-11(2)16-19-18-15-10-20(7-8-21(15)16)17(22)14-9-12-5-3-4-6-13(12)23-14/h3-6,11,14H,7-10H2,1-2H3. The number of hydrogen-bond acceptors (Lipinski definition) is 4. The number of carbonyl (C=O) groups is 1. The molecule has 1 unspecified atom stereocenters. The van der Waals surface area contributed by atoms with Gasteiger partial charge >= 0.3 is 0 Å². The van der Waals surface area contributed by atoms with Crippen LogP contribution in [0.2, 0.25) is 0 Å². The normalized spacial score (nSPS) is 19.8. The maximum atomic E-state index is 12.9. The lowest BCUT2D eigenvalue weighted by Crippen LogP contribution is -2.43. The first-order valence-corrected chi connectivity index (χ1v) is 8.97. The molecule has 1 aromatic carbocycles. The molecule has 6 heteroatoms. The highest BCUT2D eigenvalue weighted by Gasteiger charge is 2.33. The highest BCUT2D eigenvalue weighted by molar-refractivity contribution is 8.01. The van der Waals surface area contributed by atoms with Gasteiger partial charge in [-0.2, -0.15) is 0 Å². The molecule has 0 fully saturated rings. The SMILES string of the molecule is CC(C)c1nnc2n1CCN(C(=O)C1Cc3ccccc3S1)C2. The van der Waals surface area contributed by atoms with Crippen molar-refractivity contribution in [3.63, 3.8) is 0 Å². The fourth-order valence-electron chi connectivity index (χ4n) is 3.32. The molecule has 0 saturated carbocycles. The highest BCUT2D eigenvalue weighted by Crippen LogP contribution is 2.38. The topological polar surface area (TPSA) is 51.0 Å². The molecule has 0 radical (unpaired) electrons. The van der Waals surface area contributed by atoms with E-state index in [2.05, 4.69) is 40.7 Å². The minimum Gasteiger partial charge on any atom is -0.332 e. The number of fused-ring (bicyclic) bond motifs is 2. The third kappa shape index (κ3) is 2.55. The molecule has 0 bridgehead atoms.